The molecule has 1 saturated carbocycles. The average molecular weight is 342 g/mol. The summed E-state index contributed by atoms with van der Waals surface area (Å²) >= 11 is 0. The Kier molecular flexibility index (Phi) is 5.64. The first-order valence-electron chi connectivity index (χ1n) is 7.54. The molecule has 130 valence electrons. The maximum atomic E-state index is 12.6. The summed E-state index contributed by atoms with van der Waals surface area (Å²) in [5, 5.41) is 8.54. The van der Waals surface area contributed by atoms with Crippen LogP contribution in [0.1, 0.15) is 41.6 Å². The topological polar surface area (TPSA) is 63.6 Å². The van der Waals surface area contributed by atoms with Crippen molar-refractivity contribution in [2.75, 3.05) is 0 Å². The van der Waals surface area contributed by atoms with Crippen molar-refractivity contribution in [1.29, 1.82) is 0 Å². The molecule has 1 fully saturated rings. The van der Waals surface area contributed by atoms with Crippen molar-refractivity contribution in [3.63, 3.8) is 0 Å². The van der Waals surface area contributed by atoms with Crippen molar-refractivity contribution in [3.8, 4) is 0 Å². The molecule has 0 amide bonds. The maximum Gasteiger partial charge on any atom is 0.391 e. The Morgan fingerprint density at radius 3 is 2.17 bits per heavy atom. The maximum absolute atomic E-state index is 12.6. The summed E-state index contributed by atoms with van der Waals surface area (Å²) in [5.74, 6) is -2.97. The van der Waals surface area contributed by atoms with Gasteiger partial charge in [0.1, 0.15) is 6.10 Å². The fourth-order valence-electron chi connectivity index (χ4n) is 2.63. The molecule has 0 aromatic heterocycles. The molecular weight excluding hydrogens is 325 g/mol. The number of carboxylic acids is 1. The molecule has 1 aromatic carbocycles. The molecule has 0 heterocycles. The second-order valence-electron chi connectivity index (χ2n) is 5.71. The third-order valence-corrected chi connectivity index (χ3v) is 3.98. The molecule has 0 spiro atoms. The lowest BCUT2D eigenvalue weighted by molar-refractivity contribution is -0.185. The van der Waals surface area contributed by atoms with Crippen molar-refractivity contribution in [2.24, 2.45) is 5.92 Å². The third kappa shape index (κ3) is 5.11. The second kappa shape index (κ2) is 7.51. The number of ether oxygens (including phenoxy) is 1. The minimum absolute atomic E-state index is 0.0274. The van der Waals surface area contributed by atoms with Gasteiger partial charge < -0.3 is 9.84 Å². The van der Waals surface area contributed by atoms with E-state index in [1.807, 2.05) is 0 Å². The Bertz CT molecular complexity index is 612. The van der Waals surface area contributed by atoms with E-state index in [4.69, 9.17) is 9.84 Å². The Morgan fingerprint density at radius 1 is 1.08 bits per heavy atom. The van der Waals surface area contributed by atoms with Gasteiger partial charge in [-0.15, -0.1) is 0 Å². The van der Waals surface area contributed by atoms with Crippen molar-refractivity contribution in [2.45, 2.75) is 38.0 Å². The van der Waals surface area contributed by atoms with Crippen LogP contribution < -0.4 is 0 Å². The van der Waals surface area contributed by atoms with Crippen LogP contribution in [0, 0.1) is 5.92 Å². The molecule has 0 bridgehead atoms. The normalized spacial score (nSPS) is 21.6. The number of carbonyl (C=O) groups is 2. The van der Waals surface area contributed by atoms with Crippen molar-refractivity contribution in [1.82, 2.24) is 0 Å². The first kappa shape index (κ1) is 18.0. The van der Waals surface area contributed by atoms with Crippen LogP contribution in [0.5, 0.6) is 0 Å². The van der Waals surface area contributed by atoms with Gasteiger partial charge in [-0.2, -0.15) is 13.2 Å². The number of hydrogen-bond acceptors (Lipinski definition) is 3. The Balaban J connectivity index is 1.88. The van der Waals surface area contributed by atoms with Crippen LogP contribution >= 0.6 is 0 Å². The second-order valence-corrected chi connectivity index (χ2v) is 5.71. The van der Waals surface area contributed by atoms with E-state index >= 15 is 0 Å². The molecule has 1 aromatic rings. The highest BCUT2D eigenvalue weighted by Gasteiger charge is 2.42. The fraction of sp³-hybridized carbons (Fsp3) is 0.412. The van der Waals surface area contributed by atoms with Gasteiger partial charge >= 0.3 is 18.1 Å². The lowest BCUT2D eigenvalue weighted by Crippen LogP contribution is -2.31. The first-order valence-corrected chi connectivity index (χ1v) is 7.54. The highest BCUT2D eigenvalue weighted by atomic mass is 19.4. The Labute approximate surface area is 136 Å². The number of aliphatic carboxylic acids is 1. The SMILES string of the molecule is O=C(O)/C=C/c1ccc(C(=O)OC2CCC(C(F)(F)F)CC2)cc1. The minimum atomic E-state index is -4.19. The smallest absolute Gasteiger partial charge is 0.391 e. The zero-order valence-electron chi connectivity index (χ0n) is 12.8. The summed E-state index contributed by atoms with van der Waals surface area (Å²) in [6, 6.07) is 6.11. The molecule has 0 saturated heterocycles. The summed E-state index contributed by atoms with van der Waals surface area (Å²) in [7, 11) is 0. The predicted octanol–water partition coefficient (Wildman–Crippen LogP) is 4.06. The van der Waals surface area contributed by atoms with Crippen molar-refractivity contribution >= 4 is 18.0 Å². The van der Waals surface area contributed by atoms with E-state index < -0.39 is 30.1 Å². The minimum Gasteiger partial charge on any atom is -0.478 e. The highest BCUT2D eigenvalue weighted by Crippen LogP contribution is 2.38. The quantitative estimate of drug-likeness (QED) is 0.662. The van der Waals surface area contributed by atoms with Crippen molar-refractivity contribution < 1.29 is 32.6 Å². The zero-order valence-corrected chi connectivity index (χ0v) is 12.8. The molecular formula is C17H17F3O4. The summed E-state index contributed by atoms with van der Waals surface area (Å²) < 4.78 is 43.0. The number of rotatable bonds is 4. The molecule has 0 radical (unpaired) electrons. The van der Waals surface area contributed by atoms with E-state index in [0.717, 1.165) is 6.08 Å². The number of halogens is 3. The van der Waals surface area contributed by atoms with Gasteiger partial charge in [0.25, 0.3) is 0 Å². The molecule has 1 N–H and O–H groups in total. The van der Waals surface area contributed by atoms with E-state index in [0.29, 0.717) is 5.56 Å². The first-order chi connectivity index (χ1) is 11.3. The van der Waals surface area contributed by atoms with Gasteiger partial charge in [-0.3, -0.25) is 0 Å². The van der Waals surface area contributed by atoms with E-state index in [2.05, 4.69) is 0 Å². The zero-order chi connectivity index (χ0) is 17.7. The molecule has 4 nitrogen and oxygen atoms in total. The van der Waals surface area contributed by atoms with Gasteiger partial charge in [0.15, 0.2) is 0 Å². The average Bonchev–Trinajstić information content (AvgIpc) is 2.53. The molecule has 2 rings (SSSR count). The number of hydrogen-bond donors (Lipinski definition) is 1. The lowest BCUT2D eigenvalue weighted by atomic mass is 9.87. The molecule has 1 aliphatic carbocycles. The summed E-state index contributed by atoms with van der Waals surface area (Å²) in [4.78, 5) is 22.4. The van der Waals surface area contributed by atoms with Crippen LogP contribution in [0.25, 0.3) is 6.08 Å². The van der Waals surface area contributed by atoms with Crippen LogP contribution in [0.4, 0.5) is 13.2 Å². The van der Waals surface area contributed by atoms with E-state index in [1.54, 1.807) is 12.1 Å². The fourth-order valence-corrected chi connectivity index (χ4v) is 2.63. The molecule has 7 heteroatoms. The standard InChI is InChI=1S/C17H17F3O4/c18-17(19,20)13-6-8-14(9-7-13)24-16(23)12-4-1-11(2-5-12)3-10-15(21)22/h1-5,10,13-14H,6-9H2,(H,21,22)/b10-3+. The van der Waals surface area contributed by atoms with Gasteiger partial charge in [-0.05, 0) is 49.5 Å². The predicted molar refractivity (Wildman–Crippen MR) is 80.3 cm³/mol. The van der Waals surface area contributed by atoms with Crippen LogP contribution in [0.3, 0.4) is 0 Å². The lowest BCUT2D eigenvalue weighted by Gasteiger charge is -2.29. The van der Waals surface area contributed by atoms with E-state index in [-0.39, 0.29) is 31.2 Å². The van der Waals surface area contributed by atoms with Crippen LogP contribution in [-0.2, 0) is 9.53 Å². The van der Waals surface area contributed by atoms with E-state index in [1.165, 1.54) is 18.2 Å². The van der Waals surface area contributed by atoms with Gasteiger partial charge in [0, 0.05) is 6.08 Å². The Morgan fingerprint density at radius 2 is 1.67 bits per heavy atom. The van der Waals surface area contributed by atoms with Gasteiger partial charge in [0.2, 0.25) is 0 Å². The number of carbonyl (C=O) groups excluding carboxylic acids is 1. The summed E-state index contributed by atoms with van der Waals surface area (Å²) in [6.45, 7) is 0. The van der Waals surface area contributed by atoms with Gasteiger partial charge in [0.05, 0.1) is 11.5 Å². The number of carboxylic acid groups (broad SMARTS) is 1. The van der Waals surface area contributed by atoms with Crippen LogP contribution in [0.15, 0.2) is 30.3 Å². The number of esters is 1. The highest BCUT2D eigenvalue weighted by molar-refractivity contribution is 5.90. The van der Waals surface area contributed by atoms with Crippen LogP contribution in [0.2, 0.25) is 0 Å². The van der Waals surface area contributed by atoms with Crippen LogP contribution in [-0.4, -0.2) is 29.3 Å². The summed E-state index contributed by atoms with van der Waals surface area (Å²) in [6.07, 6.45) is -1.97. The summed E-state index contributed by atoms with van der Waals surface area (Å²) in [5.41, 5.74) is 0.889. The molecule has 0 aliphatic heterocycles. The van der Waals surface area contributed by atoms with E-state index in [9.17, 15) is 22.8 Å². The number of alkyl halides is 3. The van der Waals surface area contributed by atoms with Crippen molar-refractivity contribution in [3.05, 3.63) is 41.5 Å². The Hall–Kier alpha value is -2.31. The largest absolute Gasteiger partial charge is 0.478 e. The van der Waals surface area contributed by atoms with Gasteiger partial charge in [-0.25, -0.2) is 9.59 Å². The number of benzene rings is 1. The molecule has 1 aliphatic rings. The third-order valence-electron chi connectivity index (χ3n) is 3.98. The molecule has 24 heavy (non-hydrogen) atoms. The monoisotopic (exact) mass is 342 g/mol. The van der Waals surface area contributed by atoms with Gasteiger partial charge in [-0.1, -0.05) is 12.1 Å². The molecule has 0 atom stereocenters. The molecule has 0 unspecified atom stereocenters.